The monoisotopic (exact) mass is 493 g/mol. The Kier molecular flexibility index (Phi) is 7.02. The number of hydrogen-bond donors (Lipinski definition) is 4. The number of nitrogens with zero attached hydrogens (tertiary/aromatic N) is 4. The van der Waals surface area contributed by atoms with Crippen LogP contribution >= 0.6 is 0 Å². The average Bonchev–Trinajstić information content (AvgIpc) is 3.39. The molecule has 0 radical (unpaired) electrons. The van der Waals surface area contributed by atoms with E-state index in [2.05, 4.69) is 36.0 Å². The molecule has 0 spiro atoms. The first-order valence-corrected chi connectivity index (χ1v) is 11.2. The van der Waals surface area contributed by atoms with Crippen molar-refractivity contribution in [2.75, 3.05) is 17.2 Å². The fourth-order valence-corrected chi connectivity index (χ4v) is 3.52. The Morgan fingerprint density at radius 2 is 1.97 bits per heavy atom. The molecule has 0 saturated heterocycles. The summed E-state index contributed by atoms with van der Waals surface area (Å²) in [5.74, 6) is -3.24. The van der Waals surface area contributed by atoms with Crippen LogP contribution in [0.25, 0.3) is 22.4 Å². The highest BCUT2D eigenvalue weighted by molar-refractivity contribution is 6.03. The maximum absolute atomic E-state index is 13.6. The molecular weight excluding hydrogens is 468 g/mol. The molecule has 0 unspecified atom stereocenters. The molecule has 4 aromatic rings. The van der Waals surface area contributed by atoms with Crippen LogP contribution < -0.4 is 10.6 Å². The highest BCUT2D eigenvalue weighted by Crippen LogP contribution is 2.32. The lowest BCUT2D eigenvalue weighted by atomic mass is 9.98. The molecule has 186 valence electrons. The van der Waals surface area contributed by atoms with Crippen LogP contribution in [0.5, 0.6) is 0 Å². The molecule has 4 rings (SSSR count). The van der Waals surface area contributed by atoms with Crippen molar-refractivity contribution in [1.29, 1.82) is 0 Å². The van der Waals surface area contributed by atoms with E-state index in [9.17, 15) is 18.7 Å². The number of nitrogens with one attached hydrogen (secondary N) is 3. The third-order valence-corrected chi connectivity index (χ3v) is 5.49. The summed E-state index contributed by atoms with van der Waals surface area (Å²) in [5.41, 5.74) is 3.86. The van der Waals surface area contributed by atoms with Gasteiger partial charge < -0.3 is 15.7 Å². The molecule has 0 bridgehead atoms. The van der Waals surface area contributed by atoms with Crippen LogP contribution in [-0.2, 0) is 5.92 Å². The molecular formula is C25H25F2N7O2. The first kappa shape index (κ1) is 24.9. The molecule has 36 heavy (non-hydrogen) atoms. The van der Waals surface area contributed by atoms with Gasteiger partial charge in [0, 0.05) is 36.0 Å². The normalized spacial score (nSPS) is 12.3. The highest BCUT2D eigenvalue weighted by atomic mass is 19.3. The molecule has 0 fully saturated rings. The number of alkyl halides is 2. The zero-order valence-electron chi connectivity index (χ0n) is 19.9. The smallest absolute Gasteiger partial charge is 0.276 e. The van der Waals surface area contributed by atoms with Gasteiger partial charge in [0.25, 0.3) is 11.8 Å². The lowest BCUT2D eigenvalue weighted by Gasteiger charge is -2.16. The molecule has 0 aliphatic carbocycles. The second kappa shape index (κ2) is 10.2. The summed E-state index contributed by atoms with van der Waals surface area (Å²) in [6.45, 7) is 4.43. The molecule has 0 aliphatic heterocycles. The van der Waals surface area contributed by atoms with Crippen molar-refractivity contribution >= 4 is 17.4 Å². The van der Waals surface area contributed by atoms with Gasteiger partial charge in [-0.05, 0) is 60.9 Å². The fourth-order valence-electron chi connectivity index (χ4n) is 3.52. The van der Waals surface area contributed by atoms with E-state index in [1.165, 1.54) is 0 Å². The summed E-state index contributed by atoms with van der Waals surface area (Å²) in [5, 5.41) is 29.3. The summed E-state index contributed by atoms with van der Waals surface area (Å²) in [6, 6.07) is 9.89. The molecule has 3 heterocycles. The number of carbonyl (C=O) groups is 1. The Labute approximate surface area is 206 Å². The van der Waals surface area contributed by atoms with Crippen molar-refractivity contribution in [3.05, 3.63) is 71.8 Å². The van der Waals surface area contributed by atoms with Crippen molar-refractivity contribution in [3.63, 3.8) is 0 Å². The number of halogens is 2. The molecule has 3 aromatic heterocycles. The Balaban J connectivity index is 1.68. The number of amides is 1. The molecule has 1 amide bonds. The Bertz CT molecular complexity index is 1370. The van der Waals surface area contributed by atoms with E-state index in [0.29, 0.717) is 17.2 Å². The summed E-state index contributed by atoms with van der Waals surface area (Å²) >= 11 is 0. The lowest BCUT2D eigenvalue weighted by Crippen LogP contribution is -2.20. The maximum atomic E-state index is 13.6. The number of pyridine rings is 1. The number of carbonyl (C=O) groups excluding carboxylic acids is 1. The predicted octanol–water partition coefficient (Wildman–Crippen LogP) is 4.39. The van der Waals surface area contributed by atoms with Gasteiger partial charge in [-0.15, -0.1) is 5.10 Å². The van der Waals surface area contributed by atoms with Gasteiger partial charge in [-0.2, -0.15) is 10.2 Å². The minimum absolute atomic E-state index is 0.0679. The second-order valence-electron chi connectivity index (χ2n) is 8.54. The van der Waals surface area contributed by atoms with Gasteiger partial charge in [0.15, 0.2) is 5.69 Å². The van der Waals surface area contributed by atoms with Crippen molar-refractivity contribution in [2.45, 2.75) is 32.7 Å². The first-order valence-electron chi connectivity index (χ1n) is 11.2. The van der Waals surface area contributed by atoms with Crippen LogP contribution in [0.1, 0.15) is 35.5 Å². The number of aromatic amines is 1. The van der Waals surface area contributed by atoms with E-state index in [0.717, 1.165) is 41.4 Å². The number of rotatable bonds is 8. The van der Waals surface area contributed by atoms with Crippen molar-refractivity contribution in [2.24, 2.45) is 0 Å². The summed E-state index contributed by atoms with van der Waals surface area (Å²) in [6.07, 6.45) is 4.32. The largest absolute Gasteiger partial charge is 0.394 e. The Hall–Kier alpha value is -4.25. The third-order valence-electron chi connectivity index (χ3n) is 5.49. The van der Waals surface area contributed by atoms with E-state index in [1.54, 1.807) is 24.5 Å². The second-order valence-corrected chi connectivity index (χ2v) is 8.54. The highest BCUT2D eigenvalue weighted by Gasteiger charge is 2.26. The molecule has 4 N–H and O–H groups in total. The number of aliphatic hydroxyl groups is 1. The minimum atomic E-state index is -3.14. The topological polar surface area (TPSA) is 129 Å². The van der Waals surface area contributed by atoms with Gasteiger partial charge >= 0.3 is 0 Å². The van der Waals surface area contributed by atoms with Gasteiger partial charge in [0.05, 0.1) is 24.7 Å². The van der Waals surface area contributed by atoms with Crippen LogP contribution in [0.3, 0.4) is 0 Å². The predicted molar refractivity (Wildman–Crippen MR) is 132 cm³/mol. The van der Waals surface area contributed by atoms with Crippen molar-refractivity contribution < 1.29 is 18.7 Å². The zero-order chi connectivity index (χ0) is 25.9. The van der Waals surface area contributed by atoms with E-state index in [4.69, 9.17) is 0 Å². The minimum Gasteiger partial charge on any atom is -0.394 e. The molecule has 0 saturated carbocycles. The van der Waals surface area contributed by atoms with E-state index < -0.39 is 17.4 Å². The number of hydrogen-bond acceptors (Lipinski definition) is 7. The Morgan fingerprint density at radius 1 is 1.17 bits per heavy atom. The van der Waals surface area contributed by atoms with Crippen molar-refractivity contribution in [1.82, 2.24) is 25.4 Å². The zero-order valence-corrected chi connectivity index (χ0v) is 19.9. The first-order chi connectivity index (χ1) is 17.1. The van der Waals surface area contributed by atoms with Gasteiger partial charge in [-0.3, -0.25) is 9.89 Å². The van der Waals surface area contributed by atoms with E-state index >= 15 is 0 Å². The standard InChI is InChI=1S/C25H25F2N7O2/c1-14-4-5-19(32-24(36)22-8-18(12-30-34-22)25(3,26)27)9-20(14)16-6-21(17-10-28-29-11-17)33-23(7-16)31-15(2)13-35/h4-12,15,35H,13H2,1-3H3,(H,28,29)(H,31,33)(H,32,36)/t15-/m1/s1. The number of aromatic nitrogens is 5. The Morgan fingerprint density at radius 3 is 2.67 bits per heavy atom. The van der Waals surface area contributed by atoms with E-state index in [1.807, 2.05) is 32.0 Å². The van der Waals surface area contributed by atoms with Crippen LogP contribution in [0.15, 0.2) is 55.0 Å². The molecule has 0 aliphatic rings. The lowest BCUT2D eigenvalue weighted by molar-refractivity contribution is 0.0169. The summed E-state index contributed by atoms with van der Waals surface area (Å²) < 4.78 is 27.3. The van der Waals surface area contributed by atoms with Crippen LogP contribution in [0.4, 0.5) is 20.3 Å². The van der Waals surface area contributed by atoms with Gasteiger partial charge in [0.2, 0.25) is 0 Å². The van der Waals surface area contributed by atoms with Crippen LogP contribution in [0, 0.1) is 6.92 Å². The summed E-state index contributed by atoms with van der Waals surface area (Å²) in [4.78, 5) is 17.4. The SMILES string of the molecule is Cc1ccc(NC(=O)c2cc(C(C)(F)F)cnn2)cc1-c1cc(N[C@H](C)CO)nc(-c2cn[nH]c2)c1. The average molecular weight is 494 g/mol. The molecule has 9 nitrogen and oxygen atoms in total. The third kappa shape index (κ3) is 5.69. The van der Waals surface area contributed by atoms with Gasteiger partial charge in [-0.1, -0.05) is 6.07 Å². The maximum Gasteiger partial charge on any atom is 0.276 e. The van der Waals surface area contributed by atoms with E-state index in [-0.39, 0.29) is 18.3 Å². The fraction of sp³-hybridized carbons (Fsp3) is 0.240. The van der Waals surface area contributed by atoms with Gasteiger partial charge in [0.1, 0.15) is 5.82 Å². The number of benzene rings is 1. The quantitative estimate of drug-likeness (QED) is 0.286. The molecule has 1 atom stereocenters. The van der Waals surface area contributed by atoms with Crippen molar-refractivity contribution in [3.8, 4) is 22.4 Å². The number of aliphatic hydroxyl groups excluding tert-OH is 1. The molecule has 11 heteroatoms. The van der Waals surface area contributed by atoms with Crippen LogP contribution in [-0.4, -0.2) is 49.0 Å². The van der Waals surface area contributed by atoms with Crippen LogP contribution in [0.2, 0.25) is 0 Å². The number of aryl methyl sites for hydroxylation is 1. The van der Waals surface area contributed by atoms with Gasteiger partial charge in [-0.25, -0.2) is 13.8 Å². The summed E-state index contributed by atoms with van der Waals surface area (Å²) in [7, 11) is 0. The number of H-pyrrole nitrogens is 1. The molecule has 1 aromatic carbocycles. The number of anilines is 2.